The van der Waals surface area contributed by atoms with E-state index in [9.17, 15) is 14.4 Å². The Bertz CT molecular complexity index is 915. The van der Waals surface area contributed by atoms with E-state index >= 15 is 0 Å². The van der Waals surface area contributed by atoms with Crippen LogP contribution in [0.1, 0.15) is 28.4 Å². The van der Waals surface area contributed by atoms with Crippen molar-refractivity contribution in [2.75, 3.05) is 32.7 Å². The lowest BCUT2D eigenvalue weighted by Crippen LogP contribution is -2.55. The highest BCUT2D eigenvalue weighted by Gasteiger charge is 2.34. The third kappa shape index (κ3) is 5.07. The number of nitrogens with zero attached hydrogens (tertiary/aromatic N) is 3. The lowest BCUT2D eigenvalue weighted by Gasteiger charge is -2.35. The van der Waals surface area contributed by atoms with Crippen molar-refractivity contribution >= 4 is 17.7 Å². The Morgan fingerprint density at radius 3 is 2.32 bits per heavy atom. The maximum atomic E-state index is 12.9. The minimum Gasteiger partial charge on any atom is -0.343 e. The van der Waals surface area contributed by atoms with E-state index in [1.54, 1.807) is 46.5 Å². The molecule has 162 valence electrons. The van der Waals surface area contributed by atoms with Gasteiger partial charge < -0.3 is 15.1 Å². The fourth-order valence-electron chi connectivity index (χ4n) is 3.89. The number of aromatic nitrogens is 1. The summed E-state index contributed by atoms with van der Waals surface area (Å²) in [5, 5.41) is 2.66. The molecular weight excluding hydrogens is 396 g/mol. The quantitative estimate of drug-likeness (QED) is 0.631. The summed E-state index contributed by atoms with van der Waals surface area (Å²) >= 11 is 0. The van der Waals surface area contributed by atoms with Gasteiger partial charge in [-0.05, 0) is 36.2 Å². The normalized spacial score (nSPS) is 21.0. The molecule has 0 aliphatic carbocycles. The van der Waals surface area contributed by atoms with Crippen LogP contribution in [0, 0.1) is 0 Å². The predicted molar refractivity (Wildman–Crippen MR) is 114 cm³/mol. The fraction of sp³-hybridized carbons (Fsp3) is 0.364. The summed E-state index contributed by atoms with van der Waals surface area (Å²) in [6.45, 7) is 1.83. The van der Waals surface area contributed by atoms with Crippen LogP contribution in [0.4, 0.5) is 0 Å². The third-order valence-electron chi connectivity index (χ3n) is 5.69. The lowest BCUT2D eigenvalue weighted by atomic mass is 10.0. The number of carbonyl (C=O) groups is 3. The number of amides is 3. The molecule has 0 saturated carbocycles. The summed E-state index contributed by atoms with van der Waals surface area (Å²) in [6, 6.07) is 12.4. The van der Waals surface area contributed by atoms with Gasteiger partial charge in [-0.3, -0.25) is 19.4 Å². The molecule has 2 saturated heterocycles. The van der Waals surface area contributed by atoms with E-state index < -0.39 is 0 Å². The lowest BCUT2D eigenvalue weighted by molar-refractivity contribution is -0.140. The molecule has 2 aliphatic rings. The number of hydrogen-bond donors (Lipinski definition) is 3. The SMILES string of the molecule is O=C(NCC(=O)N1CCN(C(=O)C2CC(c3ccncc3)NN2)CC1)c1ccccc1. The summed E-state index contributed by atoms with van der Waals surface area (Å²) in [6.07, 6.45) is 4.14. The van der Waals surface area contributed by atoms with Crippen LogP contribution in [-0.4, -0.2) is 71.3 Å². The highest BCUT2D eigenvalue weighted by atomic mass is 16.2. The topological polar surface area (TPSA) is 107 Å². The number of benzene rings is 1. The third-order valence-corrected chi connectivity index (χ3v) is 5.69. The van der Waals surface area contributed by atoms with Crippen LogP contribution in [0.25, 0.3) is 0 Å². The van der Waals surface area contributed by atoms with Crippen molar-refractivity contribution in [3.05, 3.63) is 66.0 Å². The van der Waals surface area contributed by atoms with Gasteiger partial charge in [-0.15, -0.1) is 0 Å². The highest BCUT2D eigenvalue weighted by Crippen LogP contribution is 2.22. The Morgan fingerprint density at radius 2 is 1.61 bits per heavy atom. The molecule has 2 aliphatic heterocycles. The average Bonchev–Trinajstić information content (AvgIpc) is 3.33. The molecule has 9 heteroatoms. The number of rotatable bonds is 5. The van der Waals surface area contributed by atoms with Gasteiger partial charge in [-0.25, -0.2) is 10.9 Å². The first-order valence-electron chi connectivity index (χ1n) is 10.4. The van der Waals surface area contributed by atoms with E-state index in [0.717, 1.165) is 5.56 Å². The van der Waals surface area contributed by atoms with E-state index in [2.05, 4.69) is 21.2 Å². The average molecular weight is 422 g/mol. The summed E-state index contributed by atoms with van der Waals surface area (Å²) in [7, 11) is 0. The van der Waals surface area contributed by atoms with Gasteiger partial charge in [-0.1, -0.05) is 18.2 Å². The van der Waals surface area contributed by atoms with E-state index in [1.165, 1.54) is 0 Å². The van der Waals surface area contributed by atoms with E-state index in [1.807, 2.05) is 18.2 Å². The number of piperazine rings is 1. The van der Waals surface area contributed by atoms with Gasteiger partial charge in [0.15, 0.2) is 0 Å². The molecule has 3 heterocycles. The van der Waals surface area contributed by atoms with Crippen molar-refractivity contribution in [1.29, 1.82) is 0 Å². The summed E-state index contributed by atoms with van der Waals surface area (Å²) in [5.41, 5.74) is 7.89. The summed E-state index contributed by atoms with van der Waals surface area (Å²) in [4.78, 5) is 44.9. The van der Waals surface area contributed by atoms with E-state index in [0.29, 0.717) is 38.2 Å². The second-order valence-electron chi connectivity index (χ2n) is 7.66. The number of nitrogens with one attached hydrogen (secondary N) is 3. The van der Waals surface area contributed by atoms with Gasteiger partial charge in [0, 0.05) is 50.2 Å². The molecule has 2 fully saturated rings. The Kier molecular flexibility index (Phi) is 6.54. The molecule has 1 aromatic carbocycles. The van der Waals surface area contributed by atoms with Gasteiger partial charge >= 0.3 is 0 Å². The zero-order valence-electron chi connectivity index (χ0n) is 17.2. The molecule has 3 amide bonds. The molecule has 2 unspecified atom stereocenters. The molecule has 1 aromatic heterocycles. The molecule has 9 nitrogen and oxygen atoms in total. The largest absolute Gasteiger partial charge is 0.343 e. The number of hydrazine groups is 1. The first-order valence-corrected chi connectivity index (χ1v) is 10.4. The molecule has 0 bridgehead atoms. The van der Waals surface area contributed by atoms with Crippen LogP contribution in [0.15, 0.2) is 54.9 Å². The van der Waals surface area contributed by atoms with Crippen LogP contribution in [0.3, 0.4) is 0 Å². The van der Waals surface area contributed by atoms with Crippen molar-refractivity contribution < 1.29 is 14.4 Å². The molecule has 3 N–H and O–H groups in total. The second kappa shape index (κ2) is 9.67. The van der Waals surface area contributed by atoms with Gasteiger partial charge in [0.1, 0.15) is 6.04 Å². The number of pyridine rings is 1. The number of carbonyl (C=O) groups excluding carboxylic acids is 3. The van der Waals surface area contributed by atoms with Gasteiger partial charge in [-0.2, -0.15) is 0 Å². The molecule has 2 aromatic rings. The summed E-state index contributed by atoms with van der Waals surface area (Å²) in [5.74, 6) is -0.380. The van der Waals surface area contributed by atoms with Crippen LogP contribution in [-0.2, 0) is 9.59 Å². The fourth-order valence-corrected chi connectivity index (χ4v) is 3.89. The maximum absolute atomic E-state index is 12.9. The molecule has 0 spiro atoms. The summed E-state index contributed by atoms with van der Waals surface area (Å²) < 4.78 is 0. The van der Waals surface area contributed by atoms with Crippen molar-refractivity contribution in [3.63, 3.8) is 0 Å². The first kappa shape index (κ1) is 21.0. The van der Waals surface area contributed by atoms with E-state index in [-0.39, 0.29) is 36.3 Å². The standard InChI is InChI=1S/C22H26N6O3/c29-20(15-24-21(30)17-4-2-1-3-5-17)27-10-12-28(13-11-27)22(31)19-14-18(25-26-19)16-6-8-23-9-7-16/h1-9,18-19,25-26H,10-15H2,(H,24,30). The van der Waals surface area contributed by atoms with Gasteiger partial charge in [0.2, 0.25) is 11.8 Å². The van der Waals surface area contributed by atoms with Crippen LogP contribution >= 0.6 is 0 Å². The van der Waals surface area contributed by atoms with Crippen LogP contribution < -0.4 is 16.2 Å². The van der Waals surface area contributed by atoms with Crippen molar-refractivity contribution in [2.45, 2.75) is 18.5 Å². The molecular formula is C22H26N6O3. The van der Waals surface area contributed by atoms with Gasteiger partial charge in [0.05, 0.1) is 6.54 Å². The Morgan fingerprint density at radius 1 is 0.935 bits per heavy atom. The minimum absolute atomic E-state index is 0.0357. The second-order valence-corrected chi connectivity index (χ2v) is 7.66. The molecule has 31 heavy (non-hydrogen) atoms. The minimum atomic E-state index is -0.300. The Balaban J connectivity index is 1.22. The Labute approximate surface area is 180 Å². The van der Waals surface area contributed by atoms with Crippen LogP contribution in [0.5, 0.6) is 0 Å². The predicted octanol–water partition coefficient (Wildman–Crippen LogP) is 0.0900. The molecule has 4 rings (SSSR count). The zero-order chi connectivity index (χ0) is 21.6. The maximum Gasteiger partial charge on any atom is 0.251 e. The van der Waals surface area contributed by atoms with Crippen molar-refractivity contribution in [3.8, 4) is 0 Å². The van der Waals surface area contributed by atoms with Crippen molar-refractivity contribution in [2.24, 2.45) is 0 Å². The smallest absolute Gasteiger partial charge is 0.251 e. The van der Waals surface area contributed by atoms with Crippen molar-refractivity contribution in [1.82, 2.24) is 31.0 Å². The first-order chi connectivity index (χ1) is 15.1. The highest BCUT2D eigenvalue weighted by molar-refractivity contribution is 5.96. The van der Waals surface area contributed by atoms with Gasteiger partial charge in [0.25, 0.3) is 5.91 Å². The number of hydrogen-bond acceptors (Lipinski definition) is 6. The molecule has 2 atom stereocenters. The van der Waals surface area contributed by atoms with Crippen LogP contribution in [0.2, 0.25) is 0 Å². The monoisotopic (exact) mass is 422 g/mol. The van der Waals surface area contributed by atoms with E-state index in [4.69, 9.17) is 0 Å². The zero-order valence-corrected chi connectivity index (χ0v) is 17.2. The molecule has 0 radical (unpaired) electrons. The Hall–Kier alpha value is -3.30.